The van der Waals surface area contributed by atoms with E-state index in [4.69, 9.17) is 11.0 Å². The molecular weight excluding hydrogens is 329 g/mol. The Morgan fingerprint density at radius 3 is 2.20 bits per heavy atom. The van der Waals surface area contributed by atoms with E-state index in [1.165, 1.54) is 16.8 Å². The van der Waals surface area contributed by atoms with E-state index in [2.05, 4.69) is 5.10 Å². The molecule has 0 radical (unpaired) electrons. The third kappa shape index (κ3) is 3.39. The zero-order chi connectivity index (χ0) is 18.0. The van der Waals surface area contributed by atoms with Crippen molar-refractivity contribution in [2.24, 2.45) is 5.73 Å². The van der Waals surface area contributed by atoms with Gasteiger partial charge in [0.25, 0.3) is 0 Å². The number of aromatic nitrogens is 2. The standard InChI is InChI=1S/C18H13F3N4/c19-18(20,21)17-9-16(14-5-1-12(10-22)2-6-14)25(24-17)15-7-3-13(11-23)4-8-15/h1-9H,10,22H2. The number of benzene rings is 2. The number of nitriles is 1. The van der Waals surface area contributed by atoms with E-state index in [0.29, 0.717) is 29.1 Å². The molecule has 0 unspecified atom stereocenters. The van der Waals surface area contributed by atoms with Crippen LogP contribution in [0.4, 0.5) is 13.2 Å². The molecule has 2 aromatic carbocycles. The van der Waals surface area contributed by atoms with Gasteiger partial charge in [-0.2, -0.15) is 23.5 Å². The van der Waals surface area contributed by atoms with E-state index in [1.54, 1.807) is 36.4 Å². The van der Waals surface area contributed by atoms with Gasteiger partial charge in [-0.3, -0.25) is 0 Å². The van der Waals surface area contributed by atoms with E-state index in [0.717, 1.165) is 11.6 Å². The lowest BCUT2D eigenvalue weighted by molar-refractivity contribution is -0.141. The number of hydrogen-bond donors (Lipinski definition) is 1. The van der Waals surface area contributed by atoms with Gasteiger partial charge in [-0.15, -0.1) is 0 Å². The molecule has 0 bridgehead atoms. The van der Waals surface area contributed by atoms with Gasteiger partial charge in [-0.05, 0) is 35.9 Å². The second kappa shape index (κ2) is 6.42. The molecule has 1 aromatic heterocycles. The fourth-order valence-electron chi connectivity index (χ4n) is 2.41. The summed E-state index contributed by atoms with van der Waals surface area (Å²) in [4.78, 5) is 0. The number of hydrogen-bond acceptors (Lipinski definition) is 3. The second-order valence-corrected chi connectivity index (χ2v) is 5.38. The lowest BCUT2D eigenvalue weighted by Gasteiger charge is -2.08. The largest absolute Gasteiger partial charge is 0.435 e. The highest BCUT2D eigenvalue weighted by Gasteiger charge is 2.35. The minimum absolute atomic E-state index is 0.306. The van der Waals surface area contributed by atoms with Crippen LogP contribution in [0.25, 0.3) is 16.9 Å². The van der Waals surface area contributed by atoms with Crippen LogP contribution in [0.1, 0.15) is 16.8 Å². The van der Waals surface area contributed by atoms with Crippen LogP contribution in [0.3, 0.4) is 0 Å². The van der Waals surface area contributed by atoms with E-state index in [9.17, 15) is 13.2 Å². The summed E-state index contributed by atoms with van der Waals surface area (Å²) < 4.78 is 40.6. The Morgan fingerprint density at radius 1 is 1.04 bits per heavy atom. The second-order valence-electron chi connectivity index (χ2n) is 5.38. The molecular formula is C18H13F3N4. The van der Waals surface area contributed by atoms with Crippen molar-refractivity contribution < 1.29 is 13.2 Å². The molecule has 1 heterocycles. The summed E-state index contributed by atoms with van der Waals surface area (Å²) in [6.07, 6.45) is -4.55. The molecule has 0 spiro atoms. The predicted octanol–water partition coefficient (Wildman–Crippen LogP) is 3.89. The van der Waals surface area contributed by atoms with Crippen LogP contribution in [0.2, 0.25) is 0 Å². The number of halogens is 3. The van der Waals surface area contributed by atoms with Gasteiger partial charge in [-0.25, -0.2) is 4.68 Å². The quantitative estimate of drug-likeness (QED) is 0.785. The zero-order valence-corrected chi connectivity index (χ0v) is 13.0. The highest BCUT2D eigenvalue weighted by Crippen LogP contribution is 2.33. The summed E-state index contributed by atoms with van der Waals surface area (Å²) >= 11 is 0. The fraction of sp³-hybridized carbons (Fsp3) is 0.111. The van der Waals surface area contributed by atoms with Crippen molar-refractivity contribution in [1.82, 2.24) is 9.78 Å². The topological polar surface area (TPSA) is 67.6 Å². The van der Waals surface area contributed by atoms with Gasteiger partial charge < -0.3 is 5.73 Å². The molecule has 3 aromatic rings. The monoisotopic (exact) mass is 342 g/mol. The summed E-state index contributed by atoms with van der Waals surface area (Å²) in [5.41, 5.74) is 7.21. The minimum atomic E-state index is -4.55. The molecule has 25 heavy (non-hydrogen) atoms. The predicted molar refractivity (Wildman–Crippen MR) is 86.6 cm³/mol. The van der Waals surface area contributed by atoms with Crippen LogP contribution in [0.5, 0.6) is 0 Å². The first-order valence-electron chi connectivity index (χ1n) is 7.39. The van der Waals surface area contributed by atoms with Crippen molar-refractivity contribution in [1.29, 1.82) is 5.26 Å². The maximum absolute atomic E-state index is 13.1. The van der Waals surface area contributed by atoms with Crippen molar-refractivity contribution in [2.45, 2.75) is 12.7 Å². The highest BCUT2D eigenvalue weighted by atomic mass is 19.4. The molecule has 0 amide bonds. The Balaban J connectivity index is 2.14. The van der Waals surface area contributed by atoms with Gasteiger partial charge in [0, 0.05) is 12.1 Å². The van der Waals surface area contributed by atoms with Crippen molar-refractivity contribution in [2.75, 3.05) is 0 Å². The summed E-state index contributed by atoms with van der Waals surface area (Å²) in [6.45, 7) is 0.350. The summed E-state index contributed by atoms with van der Waals surface area (Å²) in [7, 11) is 0. The Bertz CT molecular complexity index is 917. The number of nitrogens with zero attached hydrogens (tertiary/aromatic N) is 3. The molecule has 7 heteroatoms. The van der Waals surface area contributed by atoms with Crippen molar-refractivity contribution in [3.05, 3.63) is 71.4 Å². The first kappa shape index (κ1) is 16.7. The van der Waals surface area contributed by atoms with Gasteiger partial charge in [0.2, 0.25) is 0 Å². The molecule has 0 saturated carbocycles. The van der Waals surface area contributed by atoms with E-state index in [1.807, 2.05) is 6.07 Å². The lowest BCUT2D eigenvalue weighted by atomic mass is 10.1. The molecule has 4 nitrogen and oxygen atoms in total. The van der Waals surface area contributed by atoms with Gasteiger partial charge in [-0.1, -0.05) is 24.3 Å². The van der Waals surface area contributed by atoms with Crippen LogP contribution < -0.4 is 5.73 Å². The van der Waals surface area contributed by atoms with Crippen molar-refractivity contribution in [3.8, 4) is 23.0 Å². The Morgan fingerprint density at radius 2 is 1.68 bits per heavy atom. The molecule has 0 aliphatic heterocycles. The van der Waals surface area contributed by atoms with E-state index < -0.39 is 11.9 Å². The minimum Gasteiger partial charge on any atom is -0.326 e. The molecule has 0 saturated heterocycles. The highest BCUT2D eigenvalue weighted by molar-refractivity contribution is 5.63. The zero-order valence-electron chi connectivity index (χ0n) is 13.0. The molecule has 0 atom stereocenters. The number of nitrogens with two attached hydrogens (primary N) is 1. The number of alkyl halides is 3. The van der Waals surface area contributed by atoms with Gasteiger partial charge in [0.05, 0.1) is 23.0 Å². The van der Waals surface area contributed by atoms with Crippen LogP contribution in [0.15, 0.2) is 54.6 Å². The number of rotatable bonds is 3. The third-order valence-corrected chi connectivity index (χ3v) is 3.73. The maximum atomic E-state index is 13.1. The lowest BCUT2D eigenvalue weighted by Crippen LogP contribution is -2.07. The smallest absolute Gasteiger partial charge is 0.326 e. The Hall–Kier alpha value is -3.11. The molecule has 0 fully saturated rings. The molecule has 0 aliphatic rings. The SMILES string of the molecule is N#Cc1ccc(-n2nc(C(F)(F)F)cc2-c2ccc(CN)cc2)cc1. The van der Waals surface area contributed by atoms with Crippen LogP contribution in [-0.2, 0) is 12.7 Å². The van der Waals surface area contributed by atoms with Gasteiger partial charge in [0.1, 0.15) is 0 Å². The first-order valence-corrected chi connectivity index (χ1v) is 7.39. The fourth-order valence-corrected chi connectivity index (χ4v) is 2.41. The molecule has 0 aliphatic carbocycles. The molecule has 3 rings (SSSR count). The molecule has 126 valence electrons. The Labute approximate surface area is 141 Å². The van der Waals surface area contributed by atoms with Crippen molar-refractivity contribution in [3.63, 3.8) is 0 Å². The van der Waals surface area contributed by atoms with E-state index in [-0.39, 0.29) is 0 Å². The summed E-state index contributed by atoms with van der Waals surface area (Å²) in [5.74, 6) is 0. The Kier molecular flexibility index (Phi) is 4.30. The van der Waals surface area contributed by atoms with Gasteiger partial charge in [0.15, 0.2) is 5.69 Å². The average molecular weight is 342 g/mol. The van der Waals surface area contributed by atoms with Gasteiger partial charge >= 0.3 is 6.18 Å². The summed E-state index contributed by atoms with van der Waals surface area (Å²) in [6, 6.07) is 16.1. The van der Waals surface area contributed by atoms with Crippen LogP contribution >= 0.6 is 0 Å². The first-order chi connectivity index (χ1) is 11.9. The third-order valence-electron chi connectivity index (χ3n) is 3.73. The average Bonchev–Trinajstić information content (AvgIpc) is 3.07. The van der Waals surface area contributed by atoms with Crippen molar-refractivity contribution >= 4 is 0 Å². The van der Waals surface area contributed by atoms with E-state index >= 15 is 0 Å². The maximum Gasteiger partial charge on any atom is 0.435 e. The van der Waals surface area contributed by atoms with Crippen LogP contribution in [0, 0.1) is 11.3 Å². The van der Waals surface area contributed by atoms with Crippen LogP contribution in [-0.4, -0.2) is 9.78 Å². The normalized spacial score (nSPS) is 11.3. The summed E-state index contributed by atoms with van der Waals surface area (Å²) in [5, 5.41) is 12.6. The molecule has 2 N–H and O–H groups in total.